The van der Waals surface area contributed by atoms with E-state index in [2.05, 4.69) is 14.3 Å². The zero-order chi connectivity index (χ0) is 10.9. The first-order valence-corrected chi connectivity index (χ1v) is 6.88. The molecule has 0 radical (unpaired) electrons. The molecule has 1 atom stereocenters. The lowest BCUT2D eigenvalue weighted by atomic mass is 9.98. The summed E-state index contributed by atoms with van der Waals surface area (Å²) in [6.45, 7) is 1.46. The first-order valence-electron chi connectivity index (χ1n) is 4.99. The van der Waals surface area contributed by atoms with E-state index in [1.54, 1.807) is 6.20 Å². The zero-order valence-corrected chi connectivity index (χ0v) is 9.50. The summed E-state index contributed by atoms with van der Waals surface area (Å²) in [5, 5.41) is 0. The van der Waals surface area contributed by atoms with Crippen LogP contribution in [0.5, 0.6) is 0 Å². The second-order valence-corrected chi connectivity index (χ2v) is 5.85. The second kappa shape index (κ2) is 3.94. The van der Waals surface area contributed by atoms with Crippen LogP contribution in [0.15, 0.2) is 12.4 Å². The Bertz CT molecular complexity index is 438. The van der Waals surface area contributed by atoms with Crippen molar-refractivity contribution in [3.8, 4) is 0 Å². The molecule has 5 nitrogen and oxygen atoms in total. The Balaban J connectivity index is 1.93. The van der Waals surface area contributed by atoms with Gasteiger partial charge in [0.2, 0.25) is 10.0 Å². The second-order valence-electron chi connectivity index (χ2n) is 4.02. The molecule has 0 saturated carbocycles. The Morgan fingerprint density at radius 2 is 2.47 bits per heavy atom. The van der Waals surface area contributed by atoms with Crippen molar-refractivity contribution in [2.75, 3.05) is 12.8 Å². The van der Waals surface area contributed by atoms with E-state index in [0.29, 0.717) is 12.5 Å². The lowest BCUT2D eigenvalue weighted by Crippen LogP contribution is -2.32. The van der Waals surface area contributed by atoms with Crippen molar-refractivity contribution in [1.82, 2.24) is 14.3 Å². The number of fused-ring (bicyclic) bond motifs is 1. The van der Waals surface area contributed by atoms with Gasteiger partial charge in [-0.15, -0.1) is 0 Å². The van der Waals surface area contributed by atoms with Gasteiger partial charge >= 0.3 is 0 Å². The molecule has 1 aliphatic heterocycles. The van der Waals surface area contributed by atoms with E-state index < -0.39 is 10.0 Å². The van der Waals surface area contributed by atoms with Gasteiger partial charge < -0.3 is 4.57 Å². The Kier molecular flexibility index (Phi) is 2.79. The molecule has 6 heteroatoms. The summed E-state index contributed by atoms with van der Waals surface area (Å²) in [6.07, 6.45) is 6.81. The van der Waals surface area contributed by atoms with Gasteiger partial charge in [-0.2, -0.15) is 0 Å². The standard InChI is InChI=1S/C9H15N3O2S/c1-15(13,14)11-7-8-2-4-12-5-3-10-9(12)6-8/h3,5,8,11H,2,4,6-7H2,1H3. The number of aromatic nitrogens is 2. The SMILES string of the molecule is CS(=O)(=O)NCC1CCn2ccnc2C1. The molecule has 0 amide bonds. The maximum absolute atomic E-state index is 10.9. The van der Waals surface area contributed by atoms with Gasteiger partial charge in [-0.3, -0.25) is 0 Å². The predicted molar refractivity (Wildman–Crippen MR) is 56.9 cm³/mol. The van der Waals surface area contributed by atoms with Crippen molar-refractivity contribution in [2.24, 2.45) is 5.92 Å². The number of sulfonamides is 1. The van der Waals surface area contributed by atoms with E-state index in [9.17, 15) is 8.42 Å². The van der Waals surface area contributed by atoms with E-state index in [1.807, 2.05) is 6.20 Å². The highest BCUT2D eigenvalue weighted by atomic mass is 32.2. The minimum Gasteiger partial charge on any atom is -0.335 e. The molecule has 0 spiro atoms. The summed E-state index contributed by atoms with van der Waals surface area (Å²) in [5.41, 5.74) is 0. The highest BCUT2D eigenvalue weighted by Crippen LogP contribution is 2.18. The Hall–Kier alpha value is -0.880. The van der Waals surface area contributed by atoms with Gasteiger partial charge in [0.05, 0.1) is 6.26 Å². The molecule has 0 aromatic carbocycles. The molecule has 0 aliphatic carbocycles. The third kappa shape index (κ3) is 2.79. The summed E-state index contributed by atoms with van der Waals surface area (Å²) in [7, 11) is -3.06. The molecule has 1 unspecified atom stereocenters. The normalized spacial score (nSPS) is 21.3. The summed E-state index contributed by atoms with van der Waals surface area (Å²) >= 11 is 0. The smallest absolute Gasteiger partial charge is 0.208 e. The number of hydrogen-bond acceptors (Lipinski definition) is 3. The van der Waals surface area contributed by atoms with Crippen LogP contribution in [0, 0.1) is 5.92 Å². The topological polar surface area (TPSA) is 64.0 Å². The van der Waals surface area contributed by atoms with Crippen molar-refractivity contribution in [3.05, 3.63) is 18.2 Å². The molecule has 0 saturated heterocycles. The third-order valence-corrected chi connectivity index (χ3v) is 3.38. The van der Waals surface area contributed by atoms with Crippen molar-refractivity contribution in [2.45, 2.75) is 19.4 Å². The molecular weight excluding hydrogens is 214 g/mol. The first kappa shape index (κ1) is 10.6. The minimum absolute atomic E-state index is 0.370. The largest absolute Gasteiger partial charge is 0.335 e. The summed E-state index contributed by atoms with van der Waals surface area (Å²) < 4.78 is 26.5. The van der Waals surface area contributed by atoms with Crippen LogP contribution in [0.1, 0.15) is 12.2 Å². The minimum atomic E-state index is -3.06. The molecular formula is C9H15N3O2S. The zero-order valence-electron chi connectivity index (χ0n) is 8.68. The van der Waals surface area contributed by atoms with E-state index in [1.165, 1.54) is 6.26 Å². The van der Waals surface area contributed by atoms with Crippen LogP contribution in [-0.2, 0) is 23.0 Å². The predicted octanol–water partition coefficient (Wildman–Crippen LogP) is -0.00530. The van der Waals surface area contributed by atoms with E-state index in [0.717, 1.165) is 25.2 Å². The van der Waals surface area contributed by atoms with E-state index in [-0.39, 0.29) is 0 Å². The molecule has 2 heterocycles. The summed E-state index contributed by atoms with van der Waals surface area (Å²) in [5.74, 6) is 1.43. The average molecular weight is 229 g/mol. The Morgan fingerprint density at radius 1 is 1.67 bits per heavy atom. The van der Waals surface area contributed by atoms with Gasteiger partial charge in [0.1, 0.15) is 5.82 Å². The summed E-state index contributed by atoms with van der Waals surface area (Å²) in [4.78, 5) is 4.24. The number of rotatable bonds is 3. The van der Waals surface area contributed by atoms with Crippen molar-refractivity contribution in [1.29, 1.82) is 0 Å². The quantitative estimate of drug-likeness (QED) is 0.793. The van der Waals surface area contributed by atoms with Crippen LogP contribution in [0.4, 0.5) is 0 Å². The maximum Gasteiger partial charge on any atom is 0.208 e. The van der Waals surface area contributed by atoms with Gasteiger partial charge in [-0.25, -0.2) is 18.1 Å². The van der Waals surface area contributed by atoms with Gasteiger partial charge in [0, 0.05) is 31.9 Å². The molecule has 1 aromatic rings. The van der Waals surface area contributed by atoms with Gasteiger partial charge in [0.25, 0.3) is 0 Å². The number of imidazole rings is 1. The van der Waals surface area contributed by atoms with Crippen molar-refractivity contribution >= 4 is 10.0 Å². The van der Waals surface area contributed by atoms with Crippen LogP contribution < -0.4 is 4.72 Å². The first-order chi connectivity index (χ1) is 7.04. The molecule has 0 bridgehead atoms. The van der Waals surface area contributed by atoms with Gasteiger partial charge in [-0.05, 0) is 12.3 Å². The number of nitrogens with one attached hydrogen (secondary N) is 1. The molecule has 84 valence electrons. The van der Waals surface area contributed by atoms with Crippen LogP contribution >= 0.6 is 0 Å². The van der Waals surface area contributed by atoms with Crippen LogP contribution in [0.25, 0.3) is 0 Å². The van der Waals surface area contributed by atoms with Gasteiger partial charge in [-0.1, -0.05) is 0 Å². The molecule has 2 rings (SSSR count). The Labute approximate surface area is 89.6 Å². The fourth-order valence-electron chi connectivity index (χ4n) is 1.86. The maximum atomic E-state index is 10.9. The van der Waals surface area contributed by atoms with Gasteiger partial charge in [0.15, 0.2) is 0 Å². The molecule has 15 heavy (non-hydrogen) atoms. The lowest BCUT2D eigenvalue weighted by Gasteiger charge is -2.23. The number of aryl methyl sites for hydroxylation is 1. The highest BCUT2D eigenvalue weighted by molar-refractivity contribution is 7.88. The third-order valence-electron chi connectivity index (χ3n) is 2.69. The van der Waals surface area contributed by atoms with E-state index in [4.69, 9.17) is 0 Å². The van der Waals surface area contributed by atoms with Crippen LogP contribution in [0.2, 0.25) is 0 Å². The molecule has 1 N–H and O–H groups in total. The summed E-state index contributed by atoms with van der Waals surface area (Å²) in [6, 6.07) is 0. The number of nitrogens with zero attached hydrogens (tertiary/aromatic N) is 2. The van der Waals surface area contributed by atoms with Crippen LogP contribution in [-0.4, -0.2) is 30.8 Å². The fraction of sp³-hybridized carbons (Fsp3) is 0.667. The number of hydrogen-bond donors (Lipinski definition) is 1. The molecule has 1 aliphatic rings. The molecule has 1 aromatic heterocycles. The lowest BCUT2D eigenvalue weighted by molar-refractivity contribution is 0.380. The monoisotopic (exact) mass is 229 g/mol. The molecule has 0 fully saturated rings. The average Bonchev–Trinajstić information content (AvgIpc) is 2.60. The highest BCUT2D eigenvalue weighted by Gasteiger charge is 2.19. The Morgan fingerprint density at radius 3 is 3.20 bits per heavy atom. The fourth-order valence-corrected chi connectivity index (χ4v) is 2.40. The van der Waals surface area contributed by atoms with E-state index >= 15 is 0 Å². The van der Waals surface area contributed by atoms with Crippen molar-refractivity contribution in [3.63, 3.8) is 0 Å². The van der Waals surface area contributed by atoms with Crippen LogP contribution in [0.3, 0.4) is 0 Å². The van der Waals surface area contributed by atoms with Crippen molar-refractivity contribution < 1.29 is 8.42 Å².